The van der Waals surface area contributed by atoms with Crippen molar-refractivity contribution in [1.82, 2.24) is 0 Å². The van der Waals surface area contributed by atoms with E-state index in [2.05, 4.69) is 44.3 Å². The summed E-state index contributed by atoms with van der Waals surface area (Å²) in [4.78, 5) is 0. The van der Waals surface area contributed by atoms with Gasteiger partial charge in [-0.1, -0.05) is 12.1 Å². The summed E-state index contributed by atoms with van der Waals surface area (Å²) >= 11 is 0. The summed E-state index contributed by atoms with van der Waals surface area (Å²) in [6.45, 7) is 7.20. The lowest BCUT2D eigenvalue weighted by Gasteiger charge is -2.34. The minimum atomic E-state index is -0.0718. The molecule has 27 heavy (non-hydrogen) atoms. The van der Waals surface area contributed by atoms with Crippen molar-refractivity contribution >= 4 is 11.3 Å². The molecule has 0 spiro atoms. The predicted octanol–water partition coefficient (Wildman–Crippen LogP) is 4.84. The molecule has 0 amide bonds. The Bertz CT molecular complexity index is 930. The molecule has 142 valence electrons. The van der Waals surface area contributed by atoms with Gasteiger partial charge in [0.1, 0.15) is 12.4 Å². The average molecular weight is 367 g/mol. The first-order valence-electron chi connectivity index (χ1n) is 9.05. The van der Waals surface area contributed by atoms with Crippen LogP contribution in [0.3, 0.4) is 0 Å². The zero-order chi connectivity index (χ0) is 19.2. The van der Waals surface area contributed by atoms with Crippen LogP contribution >= 0.6 is 0 Å². The van der Waals surface area contributed by atoms with E-state index in [0.717, 1.165) is 22.6 Å². The molecule has 2 aliphatic rings. The van der Waals surface area contributed by atoms with Crippen LogP contribution in [-0.4, -0.2) is 26.6 Å². The van der Waals surface area contributed by atoms with Gasteiger partial charge in [-0.05, 0) is 50.1 Å². The molecule has 2 aromatic rings. The minimum absolute atomic E-state index is 0.0718. The zero-order valence-electron chi connectivity index (χ0n) is 16.4. The van der Waals surface area contributed by atoms with Crippen LogP contribution in [0.15, 0.2) is 30.3 Å². The fraction of sp³-hybridized carbons (Fsp3) is 0.364. The van der Waals surface area contributed by atoms with Gasteiger partial charge in [0, 0.05) is 23.9 Å². The first-order valence-corrected chi connectivity index (χ1v) is 9.05. The molecular formula is C22H25NO4. The Morgan fingerprint density at radius 1 is 1.11 bits per heavy atom. The minimum Gasteiger partial charge on any atom is -0.492 e. The third kappa shape index (κ3) is 2.92. The second-order valence-electron chi connectivity index (χ2n) is 7.50. The lowest BCUT2D eigenvalue weighted by molar-refractivity contribution is 0.0491. The molecule has 0 saturated heterocycles. The van der Waals surface area contributed by atoms with E-state index in [4.69, 9.17) is 18.9 Å². The lowest BCUT2D eigenvalue weighted by atomic mass is 9.84. The van der Waals surface area contributed by atoms with Crippen molar-refractivity contribution in [1.29, 1.82) is 0 Å². The van der Waals surface area contributed by atoms with Crippen LogP contribution < -0.4 is 19.5 Å². The van der Waals surface area contributed by atoms with E-state index < -0.39 is 0 Å². The largest absolute Gasteiger partial charge is 0.492 e. The van der Waals surface area contributed by atoms with Gasteiger partial charge >= 0.3 is 0 Å². The second kappa shape index (κ2) is 6.50. The van der Waals surface area contributed by atoms with Crippen LogP contribution in [0.5, 0.6) is 17.2 Å². The number of methoxy groups -OCH3 is 2. The van der Waals surface area contributed by atoms with Crippen LogP contribution in [0, 0.1) is 0 Å². The smallest absolute Gasteiger partial charge is 0.188 e. The van der Waals surface area contributed by atoms with Crippen molar-refractivity contribution in [3.05, 3.63) is 41.5 Å². The maximum Gasteiger partial charge on any atom is 0.188 e. The van der Waals surface area contributed by atoms with Crippen molar-refractivity contribution in [3.8, 4) is 28.4 Å². The van der Waals surface area contributed by atoms with Crippen LogP contribution in [0.1, 0.15) is 31.9 Å². The van der Waals surface area contributed by atoms with Crippen molar-refractivity contribution < 1.29 is 18.9 Å². The maximum atomic E-state index is 6.10. The first-order chi connectivity index (χ1) is 12.9. The number of hydrogen-bond donors (Lipinski definition) is 1. The molecule has 0 fully saturated rings. The van der Waals surface area contributed by atoms with Crippen LogP contribution in [0.25, 0.3) is 16.7 Å². The molecule has 5 heteroatoms. The van der Waals surface area contributed by atoms with Crippen LogP contribution in [0.4, 0.5) is 5.69 Å². The number of hydrogen-bond acceptors (Lipinski definition) is 5. The Balaban J connectivity index is 1.91. The van der Waals surface area contributed by atoms with Gasteiger partial charge in [0.15, 0.2) is 18.3 Å². The van der Waals surface area contributed by atoms with Crippen molar-refractivity contribution in [2.75, 3.05) is 26.3 Å². The molecule has 0 aliphatic carbocycles. The molecular weight excluding hydrogens is 342 g/mol. The quantitative estimate of drug-likeness (QED) is 0.783. The number of rotatable bonds is 4. The predicted molar refractivity (Wildman–Crippen MR) is 107 cm³/mol. The van der Waals surface area contributed by atoms with Crippen molar-refractivity contribution in [3.63, 3.8) is 0 Å². The molecule has 2 aromatic carbocycles. The molecule has 0 unspecified atom stereocenters. The highest BCUT2D eigenvalue weighted by molar-refractivity contribution is 5.91. The Morgan fingerprint density at radius 3 is 2.67 bits per heavy atom. The summed E-state index contributed by atoms with van der Waals surface area (Å²) in [6.07, 6.45) is 2.26. The molecule has 1 N–H and O–H groups in total. The van der Waals surface area contributed by atoms with Gasteiger partial charge in [0.2, 0.25) is 0 Å². The van der Waals surface area contributed by atoms with Gasteiger partial charge < -0.3 is 24.3 Å². The number of ether oxygens (including phenoxy) is 4. The molecule has 0 saturated carbocycles. The molecule has 2 heterocycles. The average Bonchev–Trinajstić information content (AvgIpc) is 2.63. The molecule has 0 radical (unpaired) electrons. The van der Waals surface area contributed by atoms with E-state index >= 15 is 0 Å². The summed E-state index contributed by atoms with van der Waals surface area (Å²) < 4.78 is 22.5. The second-order valence-corrected chi connectivity index (χ2v) is 7.50. The molecule has 0 aromatic heterocycles. The van der Waals surface area contributed by atoms with Crippen LogP contribution in [0.2, 0.25) is 0 Å². The van der Waals surface area contributed by atoms with E-state index in [9.17, 15) is 0 Å². The maximum absolute atomic E-state index is 6.10. The third-order valence-electron chi connectivity index (χ3n) is 5.00. The fourth-order valence-corrected chi connectivity index (χ4v) is 4.09. The Labute approximate surface area is 159 Å². The van der Waals surface area contributed by atoms with Crippen molar-refractivity contribution in [2.45, 2.75) is 32.9 Å². The summed E-state index contributed by atoms with van der Waals surface area (Å²) in [5, 5.41) is 3.60. The molecule has 0 atom stereocenters. The van der Waals surface area contributed by atoms with Gasteiger partial charge in [0.25, 0.3) is 0 Å². The highest BCUT2D eigenvalue weighted by atomic mass is 16.7. The number of fused-ring (bicyclic) bond motifs is 5. The van der Waals surface area contributed by atoms with E-state index in [1.165, 1.54) is 16.7 Å². The highest BCUT2D eigenvalue weighted by Crippen LogP contribution is 2.51. The Hall–Kier alpha value is -2.66. The van der Waals surface area contributed by atoms with Crippen molar-refractivity contribution in [2.24, 2.45) is 0 Å². The summed E-state index contributed by atoms with van der Waals surface area (Å²) in [5.41, 5.74) is 6.73. The molecule has 5 nitrogen and oxygen atoms in total. The Morgan fingerprint density at radius 2 is 1.93 bits per heavy atom. The Kier molecular flexibility index (Phi) is 4.27. The number of anilines is 1. The topological polar surface area (TPSA) is 49.0 Å². The molecule has 0 bridgehead atoms. The van der Waals surface area contributed by atoms with Gasteiger partial charge in [-0.25, -0.2) is 0 Å². The van der Waals surface area contributed by atoms with E-state index in [0.29, 0.717) is 18.1 Å². The lowest BCUT2D eigenvalue weighted by Crippen LogP contribution is -2.32. The van der Waals surface area contributed by atoms with Gasteiger partial charge in [0.05, 0.1) is 18.2 Å². The summed E-state index contributed by atoms with van der Waals surface area (Å²) in [7, 11) is 3.25. The van der Waals surface area contributed by atoms with E-state index in [-0.39, 0.29) is 12.3 Å². The zero-order valence-corrected chi connectivity index (χ0v) is 16.4. The molecule has 4 rings (SSSR count). The monoisotopic (exact) mass is 367 g/mol. The van der Waals surface area contributed by atoms with E-state index in [1.54, 1.807) is 14.2 Å². The number of benzene rings is 2. The SMILES string of the molecule is COCOc1ccc2c(c1OC)-c1ccc3c(c1CO2)C(C)=CC(C)(C)N3. The fourth-order valence-electron chi connectivity index (χ4n) is 4.09. The standard InChI is InChI=1S/C22H25NO4/c1-13-10-22(2,3)23-16-7-6-14-15(19(13)16)11-26-17-8-9-18(27-12-24-4)21(25-5)20(14)17/h6-10,23H,11-12H2,1-5H3. The van der Waals surface area contributed by atoms with E-state index in [1.807, 2.05) is 12.1 Å². The number of nitrogens with one attached hydrogen (secondary N) is 1. The number of allylic oxidation sites excluding steroid dienone is 1. The summed E-state index contributed by atoms with van der Waals surface area (Å²) in [6, 6.07) is 8.06. The summed E-state index contributed by atoms with van der Waals surface area (Å²) in [5.74, 6) is 2.10. The third-order valence-corrected chi connectivity index (χ3v) is 5.00. The highest BCUT2D eigenvalue weighted by Gasteiger charge is 2.31. The van der Waals surface area contributed by atoms with Gasteiger partial charge in [-0.2, -0.15) is 0 Å². The van der Waals surface area contributed by atoms with Gasteiger partial charge in [-0.15, -0.1) is 0 Å². The normalized spacial score (nSPS) is 16.1. The molecule has 2 aliphatic heterocycles. The van der Waals surface area contributed by atoms with Gasteiger partial charge in [-0.3, -0.25) is 0 Å². The first kappa shape index (κ1) is 17.7. The van der Waals surface area contributed by atoms with Crippen LogP contribution in [-0.2, 0) is 11.3 Å².